The van der Waals surface area contributed by atoms with E-state index in [1.807, 2.05) is 0 Å². The first-order chi connectivity index (χ1) is 10.6. The third-order valence-electron chi connectivity index (χ3n) is 6.14. The lowest BCUT2D eigenvalue weighted by atomic mass is 9.75. The van der Waals surface area contributed by atoms with Crippen molar-refractivity contribution in [2.24, 2.45) is 23.5 Å². The molecule has 2 saturated heterocycles. The van der Waals surface area contributed by atoms with Crippen LogP contribution in [0.2, 0.25) is 0 Å². The second-order valence-electron chi connectivity index (χ2n) is 7.54. The molecular weight excluding hydrogens is 278 g/mol. The molecule has 0 aromatic heterocycles. The zero-order valence-electron chi connectivity index (χ0n) is 13.6. The van der Waals surface area contributed by atoms with Gasteiger partial charge in [0.15, 0.2) is 6.54 Å². The number of quaternary nitrogens is 1. The highest BCUT2D eigenvalue weighted by atomic mass is 16.2. The molecule has 3 aliphatic rings. The van der Waals surface area contributed by atoms with Gasteiger partial charge >= 0.3 is 0 Å². The number of nitrogens with one attached hydrogen (secondary N) is 1. The molecular formula is C17H30N3O2+. The Morgan fingerprint density at radius 3 is 2.36 bits per heavy atom. The highest BCUT2D eigenvalue weighted by Crippen LogP contribution is 2.35. The van der Waals surface area contributed by atoms with Crippen molar-refractivity contribution < 1.29 is 14.5 Å². The Balaban J connectivity index is 1.45. The summed E-state index contributed by atoms with van der Waals surface area (Å²) >= 11 is 0. The number of hydrogen-bond donors (Lipinski definition) is 2. The minimum absolute atomic E-state index is 0.0248. The molecule has 0 aromatic rings. The Bertz CT molecular complexity index is 418. The minimum Gasteiger partial charge on any atom is -0.369 e. The second-order valence-corrected chi connectivity index (χ2v) is 7.54. The van der Waals surface area contributed by atoms with E-state index >= 15 is 0 Å². The molecule has 124 valence electrons. The molecule has 5 nitrogen and oxygen atoms in total. The fourth-order valence-electron chi connectivity index (χ4n) is 4.64. The molecule has 2 aliphatic heterocycles. The average Bonchev–Trinajstić information content (AvgIpc) is 2.55. The monoisotopic (exact) mass is 308 g/mol. The van der Waals surface area contributed by atoms with Crippen LogP contribution in [0, 0.1) is 17.8 Å². The van der Waals surface area contributed by atoms with E-state index in [2.05, 4.69) is 4.90 Å². The first kappa shape index (κ1) is 15.8. The summed E-state index contributed by atoms with van der Waals surface area (Å²) in [5, 5.41) is 0. The number of fused-ring (bicyclic) bond motifs is 1. The summed E-state index contributed by atoms with van der Waals surface area (Å²) in [4.78, 5) is 27.2. The average molecular weight is 308 g/mol. The Labute approximate surface area is 133 Å². The third kappa shape index (κ3) is 3.62. The fourth-order valence-corrected chi connectivity index (χ4v) is 4.64. The second kappa shape index (κ2) is 6.99. The van der Waals surface area contributed by atoms with Gasteiger partial charge in [-0.25, -0.2) is 0 Å². The lowest BCUT2D eigenvalue weighted by Crippen LogP contribution is -3.14. The van der Waals surface area contributed by atoms with Crippen LogP contribution in [-0.4, -0.2) is 49.4 Å². The summed E-state index contributed by atoms with van der Waals surface area (Å²) in [6.07, 6.45) is 8.29. The van der Waals surface area contributed by atoms with Crippen molar-refractivity contribution in [2.45, 2.75) is 44.9 Å². The molecule has 2 amide bonds. The standard InChI is InChI=1S/C17H29N3O2/c18-17(22)14-5-8-19(9-6-14)12-16(21)20-10-7-13-3-1-2-4-15(13)11-20/h13-15H,1-12H2,(H2,18,22)/p+1/t13-,15+/m0/s1. The van der Waals surface area contributed by atoms with Gasteiger partial charge in [0.25, 0.3) is 5.91 Å². The first-order valence-electron chi connectivity index (χ1n) is 9.04. The van der Waals surface area contributed by atoms with Gasteiger partial charge in [-0.2, -0.15) is 0 Å². The van der Waals surface area contributed by atoms with Crippen molar-refractivity contribution in [3.8, 4) is 0 Å². The van der Waals surface area contributed by atoms with E-state index in [4.69, 9.17) is 5.73 Å². The molecule has 1 saturated carbocycles. The van der Waals surface area contributed by atoms with Gasteiger partial charge in [-0.1, -0.05) is 19.3 Å². The van der Waals surface area contributed by atoms with Crippen molar-refractivity contribution in [1.82, 2.24) is 4.90 Å². The van der Waals surface area contributed by atoms with E-state index < -0.39 is 0 Å². The Morgan fingerprint density at radius 2 is 1.68 bits per heavy atom. The van der Waals surface area contributed by atoms with Gasteiger partial charge in [-0.15, -0.1) is 0 Å². The van der Waals surface area contributed by atoms with Crippen LogP contribution >= 0.6 is 0 Å². The molecule has 0 aromatic carbocycles. The number of primary amides is 1. The molecule has 3 rings (SSSR count). The Hall–Kier alpha value is -1.10. The van der Waals surface area contributed by atoms with E-state index in [1.165, 1.54) is 37.0 Å². The van der Waals surface area contributed by atoms with Gasteiger partial charge in [0.2, 0.25) is 5.91 Å². The van der Waals surface area contributed by atoms with Gasteiger partial charge in [0.05, 0.1) is 13.1 Å². The maximum Gasteiger partial charge on any atom is 0.277 e. The van der Waals surface area contributed by atoms with Crippen molar-refractivity contribution >= 4 is 11.8 Å². The zero-order valence-corrected chi connectivity index (χ0v) is 13.6. The molecule has 0 unspecified atom stereocenters. The predicted octanol–water partition coefficient (Wildman–Crippen LogP) is -0.195. The third-order valence-corrected chi connectivity index (χ3v) is 6.14. The highest BCUT2D eigenvalue weighted by molar-refractivity contribution is 5.77. The molecule has 0 radical (unpaired) electrons. The summed E-state index contributed by atoms with van der Waals surface area (Å²) in [6.45, 7) is 4.35. The number of piperidine rings is 2. The lowest BCUT2D eigenvalue weighted by molar-refractivity contribution is -0.898. The molecule has 0 bridgehead atoms. The summed E-state index contributed by atoms with van der Waals surface area (Å²) in [7, 11) is 0. The normalized spacial score (nSPS) is 35.7. The maximum atomic E-state index is 12.6. The summed E-state index contributed by atoms with van der Waals surface area (Å²) in [6, 6.07) is 0. The van der Waals surface area contributed by atoms with Crippen molar-refractivity contribution in [3.63, 3.8) is 0 Å². The Morgan fingerprint density at radius 1 is 1.00 bits per heavy atom. The molecule has 2 atom stereocenters. The molecule has 5 heteroatoms. The highest BCUT2D eigenvalue weighted by Gasteiger charge is 2.34. The van der Waals surface area contributed by atoms with Gasteiger partial charge < -0.3 is 15.5 Å². The van der Waals surface area contributed by atoms with Gasteiger partial charge in [0.1, 0.15) is 0 Å². The van der Waals surface area contributed by atoms with Crippen molar-refractivity contribution in [2.75, 3.05) is 32.7 Å². The number of carbonyl (C=O) groups is 2. The SMILES string of the molecule is NC(=O)C1CC[NH+](CC(=O)N2CC[C@@H]3CCCC[C@@H]3C2)CC1. The van der Waals surface area contributed by atoms with Crippen LogP contribution in [0.5, 0.6) is 0 Å². The first-order valence-corrected chi connectivity index (χ1v) is 9.04. The van der Waals surface area contributed by atoms with E-state index in [0.717, 1.165) is 50.9 Å². The van der Waals surface area contributed by atoms with Crippen LogP contribution in [0.15, 0.2) is 0 Å². The maximum absolute atomic E-state index is 12.6. The fraction of sp³-hybridized carbons (Fsp3) is 0.882. The van der Waals surface area contributed by atoms with Crippen LogP contribution in [0.1, 0.15) is 44.9 Å². The molecule has 3 fully saturated rings. The number of nitrogens with two attached hydrogens (primary N) is 1. The van der Waals surface area contributed by atoms with Crippen LogP contribution in [0.3, 0.4) is 0 Å². The number of likely N-dealkylation sites (tertiary alicyclic amines) is 2. The largest absolute Gasteiger partial charge is 0.369 e. The van der Waals surface area contributed by atoms with Crippen LogP contribution in [0.25, 0.3) is 0 Å². The van der Waals surface area contributed by atoms with E-state index in [1.54, 1.807) is 0 Å². The smallest absolute Gasteiger partial charge is 0.277 e. The van der Waals surface area contributed by atoms with Crippen molar-refractivity contribution in [1.29, 1.82) is 0 Å². The van der Waals surface area contributed by atoms with E-state index in [9.17, 15) is 9.59 Å². The minimum atomic E-state index is -0.176. The number of carbonyl (C=O) groups excluding carboxylic acids is 2. The number of hydrogen-bond acceptors (Lipinski definition) is 2. The van der Waals surface area contributed by atoms with Crippen LogP contribution < -0.4 is 10.6 Å². The van der Waals surface area contributed by atoms with Gasteiger partial charge in [0, 0.05) is 31.8 Å². The molecule has 3 N–H and O–H groups in total. The lowest BCUT2D eigenvalue weighted by Gasteiger charge is -2.41. The van der Waals surface area contributed by atoms with E-state index in [-0.39, 0.29) is 11.8 Å². The van der Waals surface area contributed by atoms with Crippen LogP contribution in [-0.2, 0) is 9.59 Å². The summed E-state index contributed by atoms with van der Waals surface area (Å²) in [5.41, 5.74) is 5.37. The number of rotatable bonds is 3. The zero-order chi connectivity index (χ0) is 15.5. The Kier molecular flexibility index (Phi) is 5.01. The van der Waals surface area contributed by atoms with Gasteiger partial charge in [-0.3, -0.25) is 9.59 Å². The van der Waals surface area contributed by atoms with Gasteiger partial charge in [-0.05, 0) is 24.7 Å². The van der Waals surface area contributed by atoms with Crippen LogP contribution in [0.4, 0.5) is 0 Å². The summed E-state index contributed by atoms with van der Waals surface area (Å²) < 4.78 is 0. The molecule has 2 heterocycles. The molecule has 0 spiro atoms. The number of amides is 2. The predicted molar refractivity (Wildman–Crippen MR) is 84.1 cm³/mol. The topological polar surface area (TPSA) is 67.8 Å². The van der Waals surface area contributed by atoms with Crippen molar-refractivity contribution in [3.05, 3.63) is 0 Å². The number of nitrogens with zero attached hydrogens (tertiary/aromatic N) is 1. The molecule has 1 aliphatic carbocycles. The summed E-state index contributed by atoms with van der Waals surface area (Å²) in [5.74, 6) is 1.79. The molecule has 22 heavy (non-hydrogen) atoms. The quantitative estimate of drug-likeness (QED) is 0.758. The van der Waals surface area contributed by atoms with E-state index in [0.29, 0.717) is 12.5 Å².